The molecule has 0 atom stereocenters. The van der Waals surface area contributed by atoms with Crippen molar-refractivity contribution in [1.29, 1.82) is 0 Å². The second kappa shape index (κ2) is 10.7. The van der Waals surface area contributed by atoms with Crippen molar-refractivity contribution in [3.8, 4) is 0 Å². The second-order valence-electron chi connectivity index (χ2n) is 7.39. The van der Waals surface area contributed by atoms with E-state index in [2.05, 4.69) is 0 Å². The van der Waals surface area contributed by atoms with Crippen molar-refractivity contribution in [1.82, 2.24) is 4.31 Å². The first kappa shape index (κ1) is 24.6. The van der Waals surface area contributed by atoms with Crippen LogP contribution in [0.5, 0.6) is 0 Å². The van der Waals surface area contributed by atoms with E-state index in [0.29, 0.717) is 25.3 Å². The van der Waals surface area contributed by atoms with Crippen molar-refractivity contribution in [2.24, 2.45) is 0 Å². The average Bonchev–Trinajstić information content (AvgIpc) is 3.30. The van der Waals surface area contributed by atoms with Crippen molar-refractivity contribution in [3.63, 3.8) is 0 Å². The van der Waals surface area contributed by atoms with Gasteiger partial charge in [0.05, 0.1) is 23.4 Å². The summed E-state index contributed by atoms with van der Waals surface area (Å²) in [6, 6.07) is 12.7. The van der Waals surface area contributed by atoms with E-state index in [1.807, 2.05) is 0 Å². The Bertz CT molecular complexity index is 1180. The summed E-state index contributed by atoms with van der Waals surface area (Å²) in [5, 5.41) is 0. The summed E-state index contributed by atoms with van der Waals surface area (Å²) in [6.45, 7) is 4.30. The normalized spacial score (nSPS) is 11.7. The Morgan fingerprint density at radius 1 is 1.00 bits per heavy atom. The number of hydrogen-bond acceptors (Lipinski definition) is 4. The van der Waals surface area contributed by atoms with Crippen LogP contribution in [0.3, 0.4) is 0 Å². The summed E-state index contributed by atoms with van der Waals surface area (Å²) in [5.74, 6) is -1.50. The maximum Gasteiger partial charge on any atom is 0.243 e. The van der Waals surface area contributed by atoms with Crippen LogP contribution in [0.25, 0.3) is 0 Å². The molecule has 176 valence electrons. The molecule has 0 aliphatic carbocycles. The van der Waals surface area contributed by atoms with Gasteiger partial charge >= 0.3 is 0 Å². The van der Waals surface area contributed by atoms with Crippen LogP contribution in [0.2, 0.25) is 0 Å². The molecular weight excluding hydrogens is 450 g/mol. The molecule has 0 aliphatic heterocycles. The summed E-state index contributed by atoms with van der Waals surface area (Å²) in [6.07, 6.45) is 1.81. The van der Waals surface area contributed by atoms with E-state index in [9.17, 15) is 22.0 Å². The molecule has 6 nitrogen and oxygen atoms in total. The molecule has 1 amide bonds. The van der Waals surface area contributed by atoms with Gasteiger partial charge < -0.3 is 9.32 Å². The highest BCUT2D eigenvalue weighted by atomic mass is 32.2. The van der Waals surface area contributed by atoms with E-state index < -0.39 is 21.7 Å². The van der Waals surface area contributed by atoms with Gasteiger partial charge in [0.15, 0.2) is 0 Å². The minimum atomic E-state index is -3.56. The van der Waals surface area contributed by atoms with Crippen LogP contribution in [0.15, 0.2) is 70.2 Å². The third-order valence-electron chi connectivity index (χ3n) is 5.29. The monoisotopic (exact) mass is 476 g/mol. The van der Waals surface area contributed by atoms with Gasteiger partial charge in [-0.2, -0.15) is 4.31 Å². The van der Waals surface area contributed by atoms with Crippen LogP contribution in [-0.4, -0.2) is 31.7 Å². The molecule has 0 radical (unpaired) electrons. The van der Waals surface area contributed by atoms with E-state index in [4.69, 9.17) is 4.42 Å². The number of furan rings is 1. The number of anilines is 1. The zero-order chi connectivity index (χ0) is 24.0. The molecule has 0 saturated heterocycles. The summed E-state index contributed by atoms with van der Waals surface area (Å²) in [5.41, 5.74) is 0.720. The number of nitrogens with zero attached hydrogens (tertiary/aromatic N) is 2. The fourth-order valence-electron chi connectivity index (χ4n) is 3.49. The van der Waals surface area contributed by atoms with E-state index >= 15 is 0 Å². The Kier molecular flexibility index (Phi) is 7.99. The molecule has 3 aromatic rings. The molecule has 0 saturated carbocycles. The van der Waals surface area contributed by atoms with E-state index in [1.165, 1.54) is 33.7 Å². The molecular formula is C24H26F2N2O4S. The van der Waals surface area contributed by atoms with Gasteiger partial charge in [-0.3, -0.25) is 4.79 Å². The Hall–Kier alpha value is -3.04. The van der Waals surface area contributed by atoms with Gasteiger partial charge in [-0.15, -0.1) is 0 Å². The van der Waals surface area contributed by atoms with Crippen molar-refractivity contribution in [2.75, 3.05) is 18.0 Å². The zero-order valence-corrected chi connectivity index (χ0v) is 19.3. The van der Waals surface area contributed by atoms with Crippen LogP contribution in [0.4, 0.5) is 14.5 Å². The van der Waals surface area contributed by atoms with Crippen LogP contribution in [-0.2, 0) is 27.8 Å². The van der Waals surface area contributed by atoms with Gasteiger partial charge in [0.1, 0.15) is 17.4 Å². The number of aryl methyl sites for hydroxylation is 1. The van der Waals surface area contributed by atoms with Gasteiger partial charge in [-0.05, 0) is 48.4 Å². The lowest BCUT2D eigenvalue weighted by Gasteiger charge is -2.22. The summed E-state index contributed by atoms with van der Waals surface area (Å²) in [7, 11) is -3.56. The van der Waals surface area contributed by atoms with Crippen molar-refractivity contribution >= 4 is 21.6 Å². The number of hydrogen-bond donors (Lipinski definition) is 0. The van der Waals surface area contributed by atoms with Crippen LogP contribution in [0.1, 0.15) is 31.6 Å². The maximum absolute atomic E-state index is 14.4. The highest BCUT2D eigenvalue weighted by molar-refractivity contribution is 7.89. The average molecular weight is 477 g/mol. The van der Waals surface area contributed by atoms with Crippen LogP contribution in [0, 0.1) is 11.6 Å². The first-order valence-corrected chi connectivity index (χ1v) is 12.1. The third-order valence-corrected chi connectivity index (χ3v) is 7.35. The largest absolute Gasteiger partial charge is 0.467 e. The fraction of sp³-hybridized carbons (Fsp3) is 0.292. The quantitative estimate of drug-likeness (QED) is 0.423. The fourth-order valence-corrected chi connectivity index (χ4v) is 4.95. The maximum atomic E-state index is 14.4. The molecule has 0 aliphatic rings. The Morgan fingerprint density at radius 2 is 1.70 bits per heavy atom. The molecule has 0 bridgehead atoms. The summed E-state index contributed by atoms with van der Waals surface area (Å²) in [4.78, 5) is 14.4. The highest BCUT2D eigenvalue weighted by Gasteiger charge is 2.23. The summed E-state index contributed by atoms with van der Waals surface area (Å²) < 4.78 is 59.7. The van der Waals surface area contributed by atoms with E-state index in [0.717, 1.165) is 17.7 Å². The Morgan fingerprint density at radius 3 is 2.27 bits per heavy atom. The number of carbonyl (C=O) groups excluding carboxylic acids is 1. The van der Waals surface area contributed by atoms with Crippen molar-refractivity contribution in [2.45, 2.75) is 38.1 Å². The standard InChI is InChI=1S/C24H26F2N2O4S/c1-3-27(4-2)33(30,31)21-11-7-18(8-12-21)9-14-24(29)28(17-20-6-5-15-32-20)23-13-10-19(25)16-22(23)26/h5-8,10-13,15-16H,3-4,9,14,17H2,1-2H3. The molecule has 0 N–H and O–H groups in total. The molecule has 2 aromatic carbocycles. The van der Waals surface area contributed by atoms with Crippen LogP contribution >= 0.6 is 0 Å². The number of halogens is 2. The topological polar surface area (TPSA) is 70.8 Å². The van der Waals surface area contributed by atoms with Gasteiger partial charge in [0.2, 0.25) is 15.9 Å². The number of benzene rings is 2. The van der Waals surface area contributed by atoms with E-state index in [1.54, 1.807) is 38.1 Å². The third kappa shape index (κ3) is 5.85. The number of rotatable bonds is 10. The molecule has 1 aromatic heterocycles. The van der Waals surface area contributed by atoms with Gasteiger partial charge in [-0.1, -0.05) is 26.0 Å². The Balaban J connectivity index is 1.75. The first-order valence-electron chi connectivity index (χ1n) is 10.6. The molecule has 0 unspecified atom stereocenters. The number of amides is 1. The highest BCUT2D eigenvalue weighted by Crippen LogP contribution is 2.24. The second-order valence-corrected chi connectivity index (χ2v) is 9.33. The van der Waals surface area contributed by atoms with Gasteiger partial charge in [0, 0.05) is 25.6 Å². The molecule has 3 rings (SSSR count). The van der Waals surface area contributed by atoms with Crippen molar-refractivity contribution < 1.29 is 26.4 Å². The lowest BCUT2D eigenvalue weighted by Crippen LogP contribution is -2.31. The lowest BCUT2D eigenvalue weighted by atomic mass is 10.1. The predicted molar refractivity (Wildman–Crippen MR) is 121 cm³/mol. The molecule has 1 heterocycles. The smallest absolute Gasteiger partial charge is 0.243 e. The van der Waals surface area contributed by atoms with E-state index in [-0.39, 0.29) is 29.5 Å². The molecule has 0 fully saturated rings. The minimum absolute atomic E-state index is 0.00453. The summed E-state index contributed by atoms with van der Waals surface area (Å²) >= 11 is 0. The van der Waals surface area contributed by atoms with Gasteiger partial charge in [0.25, 0.3) is 0 Å². The first-order chi connectivity index (χ1) is 15.8. The number of carbonyl (C=O) groups is 1. The lowest BCUT2D eigenvalue weighted by molar-refractivity contribution is -0.118. The molecule has 33 heavy (non-hydrogen) atoms. The zero-order valence-electron chi connectivity index (χ0n) is 18.5. The molecule has 9 heteroatoms. The number of sulfonamides is 1. The Labute approximate surface area is 192 Å². The van der Waals surface area contributed by atoms with Gasteiger partial charge in [-0.25, -0.2) is 17.2 Å². The predicted octanol–water partition coefficient (Wildman–Crippen LogP) is 4.75. The van der Waals surface area contributed by atoms with Crippen molar-refractivity contribution in [3.05, 3.63) is 83.8 Å². The van der Waals surface area contributed by atoms with Crippen LogP contribution < -0.4 is 4.90 Å². The molecule has 0 spiro atoms. The SMILES string of the molecule is CCN(CC)S(=O)(=O)c1ccc(CCC(=O)N(Cc2ccco2)c2ccc(F)cc2F)cc1. The minimum Gasteiger partial charge on any atom is -0.467 e.